The van der Waals surface area contributed by atoms with Crippen LogP contribution in [0.3, 0.4) is 0 Å². The molecule has 3 N–H and O–H groups in total. The lowest BCUT2D eigenvalue weighted by Crippen LogP contribution is -2.60. The number of nitrogens with one attached hydrogen (secondary N) is 1. The number of fused-ring (bicyclic) bond motifs is 6. The lowest BCUT2D eigenvalue weighted by atomic mass is 9.98. The predicted molar refractivity (Wildman–Crippen MR) is 205 cm³/mol. The Hall–Kier alpha value is -5.98. The standard InChI is InChI=1S/C45H35N5/c46-43(30-15-4-1-5-16-30)50-44(31-17-6-2-7-18-31)47-45(50)32-19-14-22-34(27-32)49-40-26-13-11-24-36(40)38-28-37-35-23-10-12-25-39(35)48(41(37)29-42(38)49)33-20-8-3-9-21-33/h1-29,43-45,47H,46H2/t43?,44?,45-/m1/s1. The highest BCUT2D eigenvalue weighted by Crippen LogP contribution is 2.44. The number of aromatic nitrogens is 2. The predicted octanol–water partition coefficient (Wildman–Crippen LogP) is 10.1. The van der Waals surface area contributed by atoms with Crippen molar-refractivity contribution in [3.8, 4) is 11.4 Å². The van der Waals surface area contributed by atoms with Gasteiger partial charge >= 0.3 is 0 Å². The van der Waals surface area contributed by atoms with E-state index in [4.69, 9.17) is 5.73 Å². The maximum atomic E-state index is 7.06. The lowest BCUT2D eigenvalue weighted by molar-refractivity contribution is -0.0687. The molecule has 9 aromatic rings. The molecular weight excluding hydrogens is 611 g/mol. The molecule has 1 aliphatic rings. The number of nitrogens with zero attached hydrogens (tertiary/aromatic N) is 3. The third-order valence-electron chi connectivity index (χ3n) is 10.4. The van der Waals surface area contributed by atoms with E-state index >= 15 is 0 Å². The van der Waals surface area contributed by atoms with Crippen molar-refractivity contribution in [3.63, 3.8) is 0 Å². The average molecular weight is 646 g/mol. The summed E-state index contributed by atoms with van der Waals surface area (Å²) in [4.78, 5) is 2.39. The van der Waals surface area contributed by atoms with Crippen LogP contribution >= 0.6 is 0 Å². The Labute approximate surface area is 290 Å². The Kier molecular flexibility index (Phi) is 6.71. The van der Waals surface area contributed by atoms with Crippen LogP contribution in [-0.4, -0.2) is 14.0 Å². The third kappa shape index (κ3) is 4.45. The van der Waals surface area contributed by atoms with Crippen molar-refractivity contribution in [3.05, 3.63) is 193 Å². The number of rotatable bonds is 6. The van der Waals surface area contributed by atoms with Gasteiger partial charge in [0.05, 0.1) is 40.6 Å². The molecule has 0 aliphatic carbocycles. The van der Waals surface area contributed by atoms with Crippen molar-refractivity contribution in [1.29, 1.82) is 0 Å². The molecule has 0 bridgehead atoms. The molecule has 0 saturated carbocycles. The molecule has 240 valence electrons. The third-order valence-corrected chi connectivity index (χ3v) is 10.4. The maximum absolute atomic E-state index is 7.06. The average Bonchev–Trinajstić information content (AvgIpc) is 3.67. The van der Waals surface area contributed by atoms with Gasteiger partial charge in [-0.05, 0) is 65.2 Å². The summed E-state index contributed by atoms with van der Waals surface area (Å²) in [6.07, 6.45) is -0.338. The molecule has 50 heavy (non-hydrogen) atoms. The second-order valence-corrected chi connectivity index (χ2v) is 13.2. The molecule has 1 saturated heterocycles. The van der Waals surface area contributed by atoms with Gasteiger partial charge in [0.25, 0.3) is 0 Å². The van der Waals surface area contributed by atoms with E-state index in [1.807, 2.05) is 6.07 Å². The monoisotopic (exact) mass is 645 g/mol. The van der Waals surface area contributed by atoms with Gasteiger partial charge in [-0.2, -0.15) is 0 Å². The van der Waals surface area contributed by atoms with Crippen LogP contribution in [0.1, 0.15) is 35.2 Å². The molecule has 2 unspecified atom stereocenters. The van der Waals surface area contributed by atoms with Crippen LogP contribution in [0.2, 0.25) is 0 Å². The minimum Gasteiger partial charge on any atom is -0.312 e. The minimum atomic E-state index is -0.280. The fraction of sp³-hybridized carbons (Fsp3) is 0.0667. The summed E-state index contributed by atoms with van der Waals surface area (Å²) >= 11 is 0. The molecule has 2 aromatic heterocycles. The molecule has 1 fully saturated rings. The molecule has 3 heterocycles. The van der Waals surface area contributed by atoms with E-state index in [9.17, 15) is 0 Å². The SMILES string of the molecule is NC(c1ccccc1)N1C(c2ccccc2)N[C@H]1c1cccc(-n2c3ccccc3c3cc4c5ccccc5n(-c5ccccc5)c4cc32)c1. The maximum Gasteiger partial charge on any atom is 0.0907 e. The van der Waals surface area contributed by atoms with E-state index < -0.39 is 0 Å². The van der Waals surface area contributed by atoms with Crippen LogP contribution in [0, 0.1) is 0 Å². The quantitative estimate of drug-likeness (QED) is 0.189. The Bertz CT molecular complexity index is 2620. The van der Waals surface area contributed by atoms with Crippen molar-refractivity contribution in [2.24, 2.45) is 5.73 Å². The normalized spacial score (nSPS) is 17.1. The highest BCUT2D eigenvalue weighted by molar-refractivity contribution is 6.19. The van der Waals surface area contributed by atoms with E-state index in [0.29, 0.717) is 0 Å². The summed E-state index contributed by atoms with van der Waals surface area (Å²) in [5.41, 5.74) is 17.6. The molecule has 0 amide bonds. The van der Waals surface area contributed by atoms with Crippen LogP contribution in [0.4, 0.5) is 0 Å². The van der Waals surface area contributed by atoms with Crippen molar-refractivity contribution in [1.82, 2.24) is 19.4 Å². The number of nitrogens with two attached hydrogens (primary N) is 1. The van der Waals surface area contributed by atoms with Gasteiger partial charge in [-0.15, -0.1) is 0 Å². The van der Waals surface area contributed by atoms with Crippen molar-refractivity contribution in [2.45, 2.75) is 18.5 Å². The summed E-state index contributed by atoms with van der Waals surface area (Å²) in [6.45, 7) is 0. The molecule has 3 atom stereocenters. The molecule has 5 heteroatoms. The van der Waals surface area contributed by atoms with E-state index in [-0.39, 0.29) is 18.5 Å². The number of hydrogen-bond acceptors (Lipinski definition) is 3. The Morgan fingerprint density at radius 1 is 0.420 bits per heavy atom. The fourth-order valence-electron chi connectivity index (χ4n) is 8.10. The summed E-state index contributed by atoms with van der Waals surface area (Å²) in [6, 6.07) is 62.9. The van der Waals surface area contributed by atoms with E-state index in [2.05, 4.69) is 189 Å². The lowest BCUT2D eigenvalue weighted by Gasteiger charge is -2.53. The first-order valence-corrected chi connectivity index (χ1v) is 17.3. The molecule has 10 rings (SSSR count). The largest absolute Gasteiger partial charge is 0.312 e. The van der Waals surface area contributed by atoms with Crippen molar-refractivity contribution < 1.29 is 0 Å². The molecule has 5 nitrogen and oxygen atoms in total. The number of hydrogen-bond donors (Lipinski definition) is 2. The Morgan fingerprint density at radius 3 is 1.58 bits per heavy atom. The number of benzene rings is 7. The molecule has 0 spiro atoms. The summed E-state index contributed by atoms with van der Waals surface area (Å²) in [7, 11) is 0. The molecule has 7 aromatic carbocycles. The van der Waals surface area contributed by atoms with Crippen molar-refractivity contribution >= 4 is 43.6 Å². The second kappa shape index (κ2) is 11.6. The van der Waals surface area contributed by atoms with Gasteiger partial charge in [0, 0.05) is 32.9 Å². The Morgan fingerprint density at radius 2 is 0.920 bits per heavy atom. The van der Waals surface area contributed by atoms with Gasteiger partial charge in [-0.25, -0.2) is 4.90 Å². The van der Waals surface area contributed by atoms with Crippen LogP contribution in [-0.2, 0) is 0 Å². The first-order chi connectivity index (χ1) is 24.7. The second-order valence-electron chi connectivity index (χ2n) is 13.2. The zero-order valence-electron chi connectivity index (χ0n) is 27.4. The molecular formula is C45H35N5. The smallest absolute Gasteiger partial charge is 0.0907 e. The highest BCUT2D eigenvalue weighted by atomic mass is 15.5. The van der Waals surface area contributed by atoms with Crippen LogP contribution in [0.15, 0.2) is 176 Å². The Balaban J connectivity index is 1.16. The summed E-state index contributed by atoms with van der Waals surface area (Å²) < 4.78 is 4.82. The summed E-state index contributed by atoms with van der Waals surface area (Å²) in [5.74, 6) is 0. The summed E-state index contributed by atoms with van der Waals surface area (Å²) in [5, 5.41) is 8.85. The van der Waals surface area contributed by atoms with E-state index in [0.717, 1.165) is 16.9 Å². The fourth-order valence-corrected chi connectivity index (χ4v) is 8.10. The van der Waals surface area contributed by atoms with Gasteiger partial charge < -0.3 is 14.9 Å². The first-order valence-electron chi connectivity index (χ1n) is 17.3. The first kappa shape index (κ1) is 29.0. The highest BCUT2D eigenvalue weighted by Gasteiger charge is 2.43. The van der Waals surface area contributed by atoms with Gasteiger partial charge in [0.15, 0.2) is 0 Å². The van der Waals surface area contributed by atoms with Crippen molar-refractivity contribution in [2.75, 3.05) is 0 Å². The van der Waals surface area contributed by atoms with Crippen LogP contribution in [0.25, 0.3) is 55.0 Å². The zero-order valence-corrected chi connectivity index (χ0v) is 27.4. The van der Waals surface area contributed by atoms with Gasteiger partial charge in [-0.3, -0.25) is 5.32 Å². The van der Waals surface area contributed by atoms with Gasteiger partial charge in [0.1, 0.15) is 0 Å². The zero-order chi connectivity index (χ0) is 33.2. The van der Waals surface area contributed by atoms with E-state index in [1.165, 1.54) is 54.7 Å². The van der Waals surface area contributed by atoms with E-state index in [1.54, 1.807) is 0 Å². The van der Waals surface area contributed by atoms with Gasteiger partial charge in [0.2, 0.25) is 0 Å². The topological polar surface area (TPSA) is 51.1 Å². The minimum absolute atomic E-state index is 0.00138. The molecule has 0 radical (unpaired) electrons. The van der Waals surface area contributed by atoms with Gasteiger partial charge in [-0.1, -0.05) is 127 Å². The molecule has 1 aliphatic heterocycles. The number of para-hydroxylation sites is 3. The van der Waals surface area contributed by atoms with Crippen LogP contribution < -0.4 is 11.1 Å². The van der Waals surface area contributed by atoms with Crippen LogP contribution in [0.5, 0.6) is 0 Å².